The summed E-state index contributed by atoms with van der Waals surface area (Å²) < 4.78 is 14.6. The predicted molar refractivity (Wildman–Crippen MR) is 104 cm³/mol. The highest BCUT2D eigenvalue weighted by molar-refractivity contribution is 5.93. The van der Waals surface area contributed by atoms with Crippen LogP contribution in [0.25, 0.3) is 5.69 Å². The average Bonchev–Trinajstić information content (AvgIpc) is 3.01. The van der Waals surface area contributed by atoms with Gasteiger partial charge in [-0.05, 0) is 56.2 Å². The molecule has 7 nitrogen and oxygen atoms in total. The van der Waals surface area contributed by atoms with E-state index in [1.807, 2.05) is 0 Å². The molecule has 3 rings (SSSR count). The standard InChI is InChI=1S/C20H19FN6O/c1-13(28)14-4-9-19(25-12-14)24-10-2-3-18-17(11-22)20(23)27(26-18)16-7-5-15(21)6-8-16/h4-9,12H,2-3,10,23H2,1H3,(H,24,25). The number of aromatic nitrogens is 3. The fourth-order valence-corrected chi connectivity index (χ4v) is 2.73. The highest BCUT2D eigenvalue weighted by atomic mass is 19.1. The van der Waals surface area contributed by atoms with Gasteiger partial charge in [0, 0.05) is 18.3 Å². The van der Waals surface area contributed by atoms with Crippen LogP contribution in [0, 0.1) is 17.1 Å². The maximum Gasteiger partial charge on any atom is 0.161 e. The van der Waals surface area contributed by atoms with Crippen LogP contribution in [0.1, 0.15) is 35.0 Å². The van der Waals surface area contributed by atoms with Crippen molar-refractivity contribution < 1.29 is 9.18 Å². The highest BCUT2D eigenvalue weighted by Gasteiger charge is 2.16. The summed E-state index contributed by atoms with van der Waals surface area (Å²) in [6.07, 6.45) is 2.77. The number of carbonyl (C=O) groups excluding carboxylic acids is 1. The third kappa shape index (κ3) is 4.15. The first-order valence-electron chi connectivity index (χ1n) is 8.74. The molecule has 142 valence electrons. The Balaban J connectivity index is 1.64. The van der Waals surface area contributed by atoms with Crippen molar-refractivity contribution in [3.63, 3.8) is 0 Å². The second-order valence-electron chi connectivity index (χ2n) is 6.23. The molecule has 0 saturated heterocycles. The Morgan fingerprint density at radius 3 is 2.64 bits per heavy atom. The molecule has 0 aliphatic rings. The molecule has 0 saturated carbocycles. The van der Waals surface area contributed by atoms with Gasteiger partial charge in [-0.25, -0.2) is 14.1 Å². The fourth-order valence-electron chi connectivity index (χ4n) is 2.73. The van der Waals surface area contributed by atoms with Crippen molar-refractivity contribution in [3.8, 4) is 11.8 Å². The van der Waals surface area contributed by atoms with Crippen molar-refractivity contribution in [2.75, 3.05) is 17.6 Å². The van der Waals surface area contributed by atoms with Gasteiger partial charge in [0.15, 0.2) is 5.78 Å². The van der Waals surface area contributed by atoms with E-state index in [0.717, 1.165) is 0 Å². The van der Waals surface area contributed by atoms with Crippen LogP contribution in [-0.4, -0.2) is 27.1 Å². The number of hydrogen-bond donors (Lipinski definition) is 2. The molecule has 0 spiro atoms. The van der Waals surface area contributed by atoms with Crippen molar-refractivity contribution in [3.05, 3.63) is 65.2 Å². The van der Waals surface area contributed by atoms with Crippen LogP contribution < -0.4 is 11.1 Å². The van der Waals surface area contributed by atoms with E-state index in [0.29, 0.717) is 47.7 Å². The normalized spacial score (nSPS) is 10.5. The Morgan fingerprint density at radius 1 is 1.29 bits per heavy atom. The minimum atomic E-state index is -0.355. The van der Waals surface area contributed by atoms with Crippen LogP contribution in [0.5, 0.6) is 0 Å². The smallest absolute Gasteiger partial charge is 0.161 e. The summed E-state index contributed by atoms with van der Waals surface area (Å²) in [6.45, 7) is 2.11. The summed E-state index contributed by atoms with van der Waals surface area (Å²) in [6, 6.07) is 11.3. The first kappa shape index (κ1) is 19.0. The van der Waals surface area contributed by atoms with E-state index < -0.39 is 0 Å². The van der Waals surface area contributed by atoms with Gasteiger partial charge >= 0.3 is 0 Å². The maximum absolute atomic E-state index is 13.1. The van der Waals surface area contributed by atoms with Crippen molar-refractivity contribution in [1.82, 2.24) is 14.8 Å². The van der Waals surface area contributed by atoms with Crippen molar-refractivity contribution in [2.24, 2.45) is 0 Å². The Kier molecular flexibility index (Phi) is 5.65. The second-order valence-corrected chi connectivity index (χ2v) is 6.23. The molecule has 1 aromatic carbocycles. The van der Waals surface area contributed by atoms with E-state index in [2.05, 4.69) is 21.5 Å². The summed E-state index contributed by atoms with van der Waals surface area (Å²) in [5, 5.41) is 17.0. The van der Waals surface area contributed by atoms with E-state index in [-0.39, 0.29) is 17.4 Å². The zero-order valence-corrected chi connectivity index (χ0v) is 15.3. The zero-order chi connectivity index (χ0) is 20.1. The fraction of sp³-hybridized carbons (Fsp3) is 0.200. The Hall–Kier alpha value is -3.73. The summed E-state index contributed by atoms with van der Waals surface area (Å²) in [5.74, 6) is 0.518. The van der Waals surface area contributed by atoms with Gasteiger partial charge in [-0.3, -0.25) is 4.79 Å². The van der Waals surface area contributed by atoms with Gasteiger partial charge in [-0.2, -0.15) is 10.4 Å². The van der Waals surface area contributed by atoms with Crippen LogP contribution in [0.15, 0.2) is 42.6 Å². The molecule has 0 fully saturated rings. The lowest BCUT2D eigenvalue weighted by Gasteiger charge is -2.05. The van der Waals surface area contributed by atoms with Crippen LogP contribution in [0.2, 0.25) is 0 Å². The van der Waals surface area contributed by atoms with E-state index in [4.69, 9.17) is 5.73 Å². The first-order valence-corrected chi connectivity index (χ1v) is 8.74. The number of carbonyl (C=O) groups is 1. The first-order chi connectivity index (χ1) is 13.5. The molecule has 3 N–H and O–H groups in total. The number of nitrogens with one attached hydrogen (secondary N) is 1. The molecule has 3 aromatic rings. The van der Waals surface area contributed by atoms with Crippen molar-refractivity contribution in [1.29, 1.82) is 5.26 Å². The number of pyridine rings is 1. The molecule has 2 aromatic heterocycles. The number of ketones is 1. The van der Waals surface area contributed by atoms with Crippen LogP contribution >= 0.6 is 0 Å². The van der Waals surface area contributed by atoms with Crippen LogP contribution in [0.3, 0.4) is 0 Å². The summed E-state index contributed by atoms with van der Waals surface area (Å²) in [5.41, 5.74) is 8.12. The van der Waals surface area contributed by atoms with Gasteiger partial charge in [-0.1, -0.05) is 0 Å². The molecule has 0 aliphatic carbocycles. The largest absolute Gasteiger partial charge is 0.382 e. The van der Waals surface area contributed by atoms with Crippen molar-refractivity contribution in [2.45, 2.75) is 19.8 Å². The van der Waals surface area contributed by atoms with Crippen molar-refractivity contribution >= 4 is 17.4 Å². The Labute approximate surface area is 161 Å². The second kappa shape index (κ2) is 8.31. The number of hydrogen-bond acceptors (Lipinski definition) is 6. The maximum atomic E-state index is 13.1. The number of benzene rings is 1. The van der Waals surface area contributed by atoms with E-state index in [1.54, 1.807) is 24.3 Å². The van der Waals surface area contributed by atoms with E-state index in [9.17, 15) is 14.4 Å². The molecular formula is C20H19FN6O. The monoisotopic (exact) mass is 378 g/mol. The van der Waals surface area contributed by atoms with Crippen LogP contribution in [0.4, 0.5) is 16.0 Å². The summed E-state index contributed by atoms with van der Waals surface area (Å²) in [4.78, 5) is 15.4. The highest BCUT2D eigenvalue weighted by Crippen LogP contribution is 2.21. The van der Waals surface area contributed by atoms with Gasteiger partial charge in [0.1, 0.15) is 29.1 Å². The molecule has 28 heavy (non-hydrogen) atoms. The number of aryl methyl sites for hydroxylation is 1. The van der Waals surface area contributed by atoms with Gasteiger partial charge in [0.2, 0.25) is 0 Å². The minimum Gasteiger partial charge on any atom is -0.382 e. The lowest BCUT2D eigenvalue weighted by Crippen LogP contribution is -2.06. The third-order valence-electron chi connectivity index (χ3n) is 4.24. The molecule has 0 atom stereocenters. The SMILES string of the molecule is CC(=O)c1ccc(NCCCc2nn(-c3ccc(F)cc3)c(N)c2C#N)nc1. The molecule has 0 unspecified atom stereocenters. The Morgan fingerprint density at radius 2 is 2.04 bits per heavy atom. The number of nitrogens with two attached hydrogens (primary N) is 1. The summed E-state index contributed by atoms with van der Waals surface area (Å²) in [7, 11) is 0. The zero-order valence-electron chi connectivity index (χ0n) is 15.3. The number of Topliss-reactive ketones (excluding diaryl/α,β-unsaturated/α-hetero) is 1. The number of rotatable bonds is 7. The lowest BCUT2D eigenvalue weighted by molar-refractivity contribution is 0.101. The quantitative estimate of drug-likeness (QED) is 0.483. The number of anilines is 2. The van der Waals surface area contributed by atoms with Gasteiger partial charge in [-0.15, -0.1) is 0 Å². The van der Waals surface area contributed by atoms with E-state index >= 15 is 0 Å². The topological polar surface area (TPSA) is 110 Å². The molecule has 2 heterocycles. The van der Waals surface area contributed by atoms with Gasteiger partial charge in [0.25, 0.3) is 0 Å². The number of nitrogen functional groups attached to an aromatic ring is 1. The Bertz CT molecular complexity index is 1020. The molecular weight excluding hydrogens is 359 g/mol. The molecule has 0 bridgehead atoms. The third-order valence-corrected chi connectivity index (χ3v) is 4.24. The lowest BCUT2D eigenvalue weighted by atomic mass is 10.1. The molecule has 0 radical (unpaired) electrons. The summed E-state index contributed by atoms with van der Waals surface area (Å²) >= 11 is 0. The molecule has 0 amide bonds. The van der Waals surface area contributed by atoms with Gasteiger partial charge < -0.3 is 11.1 Å². The predicted octanol–water partition coefficient (Wildman–Crippen LogP) is 3.11. The number of halogens is 1. The minimum absolute atomic E-state index is 0.0302. The average molecular weight is 378 g/mol. The molecule has 8 heteroatoms. The van der Waals surface area contributed by atoms with Gasteiger partial charge in [0.05, 0.1) is 11.4 Å². The van der Waals surface area contributed by atoms with E-state index in [1.165, 1.54) is 29.9 Å². The number of nitrogens with zero attached hydrogens (tertiary/aromatic N) is 4. The number of nitriles is 1. The molecule has 0 aliphatic heterocycles. The van der Waals surface area contributed by atoms with Crippen LogP contribution in [-0.2, 0) is 6.42 Å².